The number of rotatable bonds is 13. The van der Waals surface area contributed by atoms with E-state index in [9.17, 15) is 32.7 Å². The van der Waals surface area contributed by atoms with Crippen LogP contribution in [0, 0.1) is 25.7 Å². The lowest BCUT2D eigenvalue weighted by Crippen LogP contribution is -2.55. The number of nitrogens with zero attached hydrogens (tertiary/aromatic N) is 1. The number of amides is 3. The zero-order valence-corrected chi connectivity index (χ0v) is 22.4. The van der Waals surface area contributed by atoms with Gasteiger partial charge in [0.25, 0.3) is 0 Å². The van der Waals surface area contributed by atoms with Crippen LogP contribution in [-0.2, 0) is 20.9 Å². The first-order valence-electron chi connectivity index (χ1n) is 12.7. The van der Waals surface area contributed by atoms with Crippen LogP contribution in [0.4, 0.5) is 13.2 Å². The topological polar surface area (TPSA) is 164 Å². The molecule has 3 amide bonds. The molecule has 1 aromatic heterocycles. The summed E-state index contributed by atoms with van der Waals surface area (Å²) in [6, 6.07) is 0.191. The highest BCUT2D eigenvalue weighted by Gasteiger charge is 2.39. The fraction of sp³-hybridized carbons (Fsp3) is 0.577. The molecule has 1 aliphatic rings. The first-order valence-corrected chi connectivity index (χ1v) is 12.7. The van der Waals surface area contributed by atoms with E-state index in [0.717, 1.165) is 12.2 Å². The van der Waals surface area contributed by atoms with Gasteiger partial charge in [0, 0.05) is 50.6 Å². The van der Waals surface area contributed by atoms with Gasteiger partial charge in [0.2, 0.25) is 17.7 Å². The van der Waals surface area contributed by atoms with Crippen LogP contribution < -0.4 is 22.1 Å². The summed E-state index contributed by atoms with van der Waals surface area (Å²) in [5.41, 5.74) is 11.8. The molecule has 0 spiro atoms. The molecule has 0 fully saturated rings. The highest BCUT2D eigenvalue weighted by molar-refractivity contribution is 5.91. The third-order valence-electron chi connectivity index (χ3n) is 6.46. The Balaban J connectivity index is 2.18. The molecule has 4 atom stereocenters. The maximum absolute atomic E-state index is 13.2. The second-order valence-corrected chi connectivity index (χ2v) is 9.60. The van der Waals surface area contributed by atoms with Crippen molar-refractivity contribution < 1.29 is 37.1 Å². The summed E-state index contributed by atoms with van der Waals surface area (Å²) in [6.07, 6.45) is -3.47. The highest BCUT2D eigenvalue weighted by Crippen LogP contribution is 2.34. The number of alkyl halides is 3. The van der Waals surface area contributed by atoms with Crippen LogP contribution in [0.2, 0.25) is 0 Å². The molecule has 7 N–H and O–H groups in total. The van der Waals surface area contributed by atoms with Crippen LogP contribution in [0.5, 0.6) is 0 Å². The number of furan rings is 1. The predicted octanol–water partition coefficient (Wildman–Crippen LogP) is 1.20. The van der Waals surface area contributed by atoms with Crippen molar-refractivity contribution in [1.82, 2.24) is 15.5 Å². The van der Waals surface area contributed by atoms with Crippen molar-refractivity contribution in [2.24, 2.45) is 23.3 Å². The largest absolute Gasteiger partial charge is 0.466 e. The number of hydrogen-bond acceptors (Lipinski definition) is 7. The molecular weight excluding hydrogens is 519 g/mol. The van der Waals surface area contributed by atoms with Gasteiger partial charge in [-0.3, -0.25) is 14.4 Å². The molecule has 0 aliphatic heterocycles. The lowest BCUT2D eigenvalue weighted by atomic mass is 9.90. The van der Waals surface area contributed by atoms with Gasteiger partial charge in [-0.15, -0.1) is 0 Å². The molecule has 1 heterocycles. The normalized spacial score (nSPS) is 17.7. The number of carbonyl (C=O) groups excluding carboxylic acids is 3. The van der Waals surface area contributed by atoms with E-state index in [0.29, 0.717) is 17.1 Å². The predicted molar refractivity (Wildman–Crippen MR) is 138 cm³/mol. The lowest BCUT2D eigenvalue weighted by molar-refractivity contribution is -0.160. The number of hydrogen-bond donors (Lipinski definition) is 5. The van der Waals surface area contributed by atoms with E-state index in [1.165, 1.54) is 17.9 Å². The van der Waals surface area contributed by atoms with Gasteiger partial charge < -0.3 is 36.5 Å². The van der Waals surface area contributed by atoms with Crippen molar-refractivity contribution in [3.63, 3.8) is 0 Å². The van der Waals surface area contributed by atoms with Crippen LogP contribution in [0.1, 0.15) is 36.8 Å². The minimum absolute atomic E-state index is 0.0350. The average molecular weight is 558 g/mol. The first kappa shape index (κ1) is 32.1. The summed E-state index contributed by atoms with van der Waals surface area (Å²) < 4.78 is 44.6. The lowest BCUT2D eigenvalue weighted by Gasteiger charge is -2.28. The summed E-state index contributed by atoms with van der Waals surface area (Å²) in [6.45, 7) is 5.94. The van der Waals surface area contributed by atoms with Crippen molar-refractivity contribution in [2.75, 3.05) is 26.2 Å². The Morgan fingerprint density at radius 2 is 1.82 bits per heavy atom. The van der Waals surface area contributed by atoms with E-state index >= 15 is 0 Å². The number of allylic oxidation sites excluding steroid dienone is 2. The molecule has 2 rings (SSSR count). The molecule has 4 unspecified atom stereocenters. The molecule has 0 saturated heterocycles. The third-order valence-corrected chi connectivity index (χ3v) is 6.46. The minimum Gasteiger partial charge on any atom is -0.466 e. The summed E-state index contributed by atoms with van der Waals surface area (Å²) in [7, 11) is 0. The standard InChI is InChI=1S/C26H38F3N5O5/c1-15(12-21(35)34(10-8-30)11-9-31)24(37)33-22(25(38)32-14-19-13-16(2)39-17(19)3)23(36)18-4-6-20(7-5-18)26(27,28)29/h4-6,13,15,20,22-23,36H,7-12,14,30-31H2,1-3H3,(H,32,38)(H,33,37). The quantitative estimate of drug-likeness (QED) is 0.243. The minimum atomic E-state index is -4.45. The smallest absolute Gasteiger partial charge is 0.395 e. The Morgan fingerprint density at radius 1 is 1.18 bits per heavy atom. The summed E-state index contributed by atoms with van der Waals surface area (Å²) >= 11 is 0. The molecule has 0 saturated carbocycles. The van der Waals surface area contributed by atoms with Crippen LogP contribution in [0.3, 0.4) is 0 Å². The Bertz CT molecular complexity index is 1060. The van der Waals surface area contributed by atoms with Crippen molar-refractivity contribution in [3.05, 3.63) is 47.0 Å². The Hall–Kier alpha value is -3.16. The van der Waals surface area contributed by atoms with Gasteiger partial charge in [0.15, 0.2) is 0 Å². The number of aliphatic hydroxyl groups is 1. The summed E-state index contributed by atoms with van der Waals surface area (Å²) in [5.74, 6) is -3.18. The van der Waals surface area contributed by atoms with Gasteiger partial charge in [0.1, 0.15) is 23.7 Å². The number of carbonyl (C=O) groups is 3. The summed E-state index contributed by atoms with van der Waals surface area (Å²) in [5, 5.41) is 16.1. The van der Waals surface area contributed by atoms with Gasteiger partial charge in [0.05, 0.1) is 5.92 Å². The van der Waals surface area contributed by atoms with Crippen molar-refractivity contribution in [1.29, 1.82) is 0 Å². The molecule has 0 radical (unpaired) electrons. The molecule has 0 bridgehead atoms. The Labute approximate surface area is 225 Å². The second kappa shape index (κ2) is 14.3. The molecule has 39 heavy (non-hydrogen) atoms. The molecule has 218 valence electrons. The highest BCUT2D eigenvalue weighted by atomic mass is 19.4. The van der Waals surface area contributed by atoms with E-state index in [1.807, 2.05) is 0 Å². The van der Waals surface area contributed by atoms with Crippen LogP contribution in [-0.4, -0.2) is 72.2 Å². The van der Waals surface area contributed by atoms with Gasteiger partial charge in [-0.2, -0.15) is 13.2 Å². The van der Waals surface area contributed by atoms with Crippen LogP contribution in [0.25, 0.3) is 0 Å². The number of aryl methyl sites for hydroxylation is 2. The fourth-order valence-electron chi connectivity index (χ4n) is 4.18. The number of aliphatic hydroxyl groups excluding tert-OH is 1. The van der Waals surface area contributed by atoms with Gasteiger partial charge >= 0.3 is 6.18 Å². The van der Waals surface area contributed by atoms with E-state index in [2.05, 4.69) is 10.6 Å². The van der Waals surface area contributed by atoms with E-state index in [4.69, 9.17) is 15.9 Å². The fourth-order valence-corrected chi connectivity index (χ4v) is 4.18. The Morgan fingerprint density at radius 3 is 2.31 bits per heavy atom. The number of nitrogens with one attached hydrogen (secondary N) is 2. The SMILES string of the molecule is Cc1cc(CNC(=O)C(NC(=O)C(C)CC(=O)N(CCN)CCN)C(O)C2=CCC(C(F)(F)F)C=C2)c(C)o1. The molecule has 1 aromatic rings. The number of nitrogens with two attached hydrogens (primary N) is 2. The zero-order chi connectivity index (χ0) is 29.3. The van der Waals surface area contributed by atoms with E-state index in [-0.39, 0.29) is 50.6 Å². The second-order valence-electron chi connectivity index (χ2n) is 9.60. The Kier molecular flexibility index (Phi) is 11.7. The van der Waals surface area contributed by atoms with Gasteiger partial charge in [-0.25, -0.2) is 0 Å². The molecule has 13 heteroatoms. The molecule has 0 aromatic carbocycles. The van der Waals surface area contributed by atoms with Crippen molar-refractivity contribution in [3.8, 4) is 0 Å². The number of halogens is 3. The van der Waals surface area contributed by atoms with Crippen LogP contribution >= 0.6 is 0 Å². The van der Waals surface area contributed by atoms with Crippen LogP contribution in [0.15, 0.2) is 34.3 Å². The van der Waals surface area contributed by atoms with Crippen molar-refractivity contribution in [2.45, 2.75) is 58.5 Å². The first-order chi connectivity index (χ1) is 18.3. The monoisotopic (exact) mass is 557 g/mol. The summed E-state index contributed by atoms with van der Waals surface area (Å²) in [4.78, 5) is 40.2. The zero-order valence-electron chi connectivity index (χ0n) is 22.4. The molecule has 1 aliphatic carbocycles. The van der Waals surface area contributed by atoms with Crippen molar-refractivity contribution >= 4 is 17.7 Å². The van der Waals surface area contributed by atoms with E-state index < -0.39 is 48.4 Å². The third kappa shape index (κ3) is 9.22. The molecular formula is C26H38F3N5O5. The van der Waals surface area contributed by atoms with E-state index in [1.54, 1.807) is 19.9 Å². The maximum atomic E-state index is 13.2. The van der Waals surface area contributed by atoms with Gasteiger partial charge in [-0.05, 0) is 31.9 Å². The maximum Gasteiger partial charge on any atom is 0.395 e. The average Bonchev–Trinajstić information content (AvgIpc) is 3.21. The molecule has 10 nitrogen and oxygen atoms in total. The van der Waals surface area contributed by atoms with Gasteiger partial charge in [-0.1, -0.05) is 25.2 Å².